The van der Waals surface area contributed by atoms with Crippen LogP contribution in [0.3, 0.4) is 0 Å². The van der Waals surface area contributed by atoms with Crippen molar-refractivity contribution in [1.82, 2.24) is 4.98 Å². The van der Waals surface area contributed by atoms with Crippen molar-refractivity contribution in [3.05, 3.63) is 17.8 Å². The lowest BCUT2D eigenvalue weighted by Crippen LogP contribution is -3.16. The molecule has 1 fully saturated rings. The third kappa shape index (κ3) is 4.46. The number of aromatic nitrogens is 1. The molecule has 0 saturated carbocycles. The minimum absolute atomic E-state index is 0.0944. The van der Waals surface area contributed by atoms with Gasteiger partial charge in [-0.3, -0.25) is 4.79 Å². The zero-order chi connectivity index (χ0) is 21.1. The number of nitrogens with one attached hydrogen (secondary N) is 3. The van der Waals surface area contributed by atoms with E-state index in [1.807, 2.05) is 13.8 Å². The molecular formula is C20H28N3O6+. The van der Waals surface area contributed by atoms with E-state index in [4.69, 9.17) is 18.9 Å². The summed E-state index contributed by atoms with van der Waals surface area (Å²) in [6.07, 6.45) is 0.189. The van der Waals surface area contributed by atoms with Crippen LogP contribution in [-0.4, -0.2) is 70.0 Å². The van der Waals surface area contributed by atoms with Crippen LogP contribution >= 0.6 is 0 Å². The number of benzene rings is 1. The number of amides is 1. The molecule has 1 aliphatic rings. The number of H-pyrrole nitrogens is 1. The Labute approximate surface area is 169 Å². The van der Waals surface area contributed by atoms with E-state index >= 15 is 0 Å². The zero-order valence-corrected chi connectivity index (χ0v) is 17.4. The van der Waals surface area contributed by atoms with Crippen molar-refractivity contribution in [2.24, 2.45) is 0 Å². The monoisotopic (exact) mass is 406 g/mol. The zero-order valence-electron chi connectivity index (χ0n) is 17.4. The maximum absolute atomic E-state index is 12.8. The first-order valence-electron chi connectivity index (χ1n) is 9.51. The molecule has 9 heteroatoms. The first kappa shape index (κ1) is 20.9. The summed E-state index contributed by atoms with van der Waals surface area (Å²) < 4.78 is 21.3. The predicted molar refractivity (Wildman–Crippen MR) is 107 cm³/mol. The molecule has 0 radical (unpaired) electrons. The highest BCUT2D eigenvalue weighted by Gasteiger charge is 2.28. The highest BCUT2D eigenvalue weighted by Crippen LogP contribution is 2.37. The number of hydrogen-bond acceptors (Lipinski definition) is 6. The molecule has 9 nitrogen and oxygen atoms in total. The summed E-state index contributed by atoms with van der Waals surface area (Å²) >= 11 is 0. The van der Waals surface area contributed by atoms with Crippen LogP contribution in [0.2, 0.25) is 0 Å². The molecule has 158 valence electrons. The lowest BCUT2D eigenvalue weighted by atomic mass is 10.2. The third-order valence-corrected chi connectivity index (χ3v) is 4.98. The standard InChI is InChI=1S/C20H27N3O6/c1-11-8-23(9-12(2)29-11)10-17(24)22-18-13-6-15(26-3)16(27-4)7-14(13)21-19(18)20(25)28-5/h6-7,11-12,21H,8-10H2,1-5H3,(H,22,24)/p+1/t11-,12+. The van der Waals surface area contributed by atoms with Gasteiger partial charge in [-0.15, -0.1) is 0 Å². The Morgan fingerprint density at radius 2 is 1.76 bits per heavy atom. The number of esters is 1. The second kappa shape index (κ2) is 8.71. The number of ether oxygens (including phenoxy) is 4. The van der Waals surface area contributed by atoms with Gasteiger partial charge < -0.3 is 34.1 Å². The number of hydrogen-bond donors (Lipinski definition) is 3. The van der Waals surface area contributed by atoms with Crippen LogP contribution in [-0.2, 0) is 14.3 Å². The molecule has 1 aromatic heterocycles. The van der Waals surface area contributed by atoms with E-state index in [0.717, 1.165) is 18.0 Å². The van der Waals surface area contributed by atoms with Crippen LogP contribution in [0.4, 0.5) is 5.69 Å². The van der Waals surface area contributed by atoms with Gasteiger partial charge in [0, 0.05) is 11.5 Å². The fraction of sp³-hybridized carbons (Fsp3) is 0.500. The molecule has 0 bridgehead atoms. The highest BCUT2D eigenvalue weighted by molar-refractivity contribution is 6.11. The number of morpholine rings is 1. The summed E-state index contributed by atoms with van der Waals surface area (Å²) in [7, 11) is 4.35. The van der Waals surface area contributed by atoms with E-state index < -0.39 is 5.97 Å². The lowest BCUT2D eigenvalue weighted by molar-refractivity contribution is -0.907. The molecule has 3 N–H and O–H groups in total. The van der Waals surface area contributed by atoms with Gasteiger partial charge in [0.2, 0.25) is 0 Å². The summed E-state index contributed by atoms with van der Waals surface area (Å²) in [5.41, 5.74) is 1.16. The first-order valence-corrected chi connectivity index (χ1v) is 9.51. The van der Waals surface area contributed by atoms with E-state index in [0.29, 0.717) is 28.1 Å². The van der Waals surface area contributed by atoms with Gasteiger partial charge in [0.25, 0.3) is 5.91 Å². The van der Waals surface area contributed by atoms with Gasteiger partial charge in [-0.25, -0.2) is 4.79 Å². The Morgan fingerprint density at radius 1 is 1.14 bits per heavy atom. The minimum Gasteiger partial charge on any atom is -0.493 e. The Bertz CT molecular complexity index is 899. The lowest BCUT2D eigenvalue weighted by Gasteiger charge is -2.31. The fourth-order valence-corrected chi connectivity index (χ4v) is 3.85. The number of aromatic amines is 1. The average Bonchev–Trinajstić information content (AvgIpc) is 3.02. The number of carbonyl (C=O) groups is 2. The summed E-state index contributed by atoms with van der Waals surface area (Å²) in [5.74, 6) is 0.237. The molecule has 2 heterocycles. The molecule has 0 aliphatic carbocycles. The quantitative estimate of drug-likeness (QED) is 0.607. The number of rotatable bonds is 6. The van der Waals surface area contributed by atoms with Crippen LogP contribution in [0.1, 0.15) is 24.3 Å². The summed E-state index contributed by atoms with van der Waals surface area (Å²) in [6, 6.07) is 3.44. The number of fused-ring (bicyclic) bond motifs is 1. The van der Waals surface area contributed by atoms with Crippen LogP contribution in [0.5, 0.6) is 11.5 Å². The van der Waals surface area contributed by atoms with Crippen molar-refractivity contribution in [2.75, 3.05) is 46.3 Å². The topological polar surface area (TPSA) is 103 Å². The number of methoxy groups -OCH3 is 3. The van der Waals surface area contributed by atoms with Gasteiger partial charge in [0.1, 0.15) is 31.0 Å². The third-order valence-electron chi connectivity index (χ3n) is 4.98. The molecule has 1 unspecified atom stereocenters. The predicted octanol–water partition coefficient (Wildman–Crippen LogP) is 0.602. The Morgan fingerprint density at radius 3 is 2.34 bits per heavy atom. The van der Waals surface area contributed by atoms with E-state index in [1.54, 1.807) is 12.1 Å². The number of anilines is 1. The smallest absolute Gasteiger partial charge is 0.356 e. The van der Waals surface area contributed by atoms with Crippen molar-refractivity contribution >= 4 is 28.5 Å². The van der Waals surface area contributed by atoms with Gasteiger partial charge in [-0.05, 0) is 19.9 Å². The van der Waals surface area contributed by atoms with Gasteiger partial charge >= 0.3 is 5.97 Å². The van der Waals surface area contributed by atoms with Crippen molar-refractivity contribution in [2.45, 2.75) is 26.1 Å². The van der Waals surface area contributed by atoms with Crippen LogP contribution in [0.25, 0.3) is 10.9 Å². The van der Waals surface area contributed by atoms with Crippen molar-refractivity contribution in [1.29, 1.82) is 0 Å². The molecule has 3 atom stereocenters. The normalized spacial score (nSPS) is 21.6. The highest BCUT2D eigenvalue weighted by atomic mass is 16.5. The molecule has 1 aliphatic heterocycles. The van der Waals surface area contributed by atoms with Crippen LogP contribution in [0, 0.1) is 0 Å². The molecule has 2 aromatic rings. The summed E-state index contributed by atoms with van der Waals surface area (Å²) in [4.78, 5) is 29.2. The van der Waals surface area contributed by atoms with Gasteiger partial charge in [0.15, 0.2) is 18.0 Å². The number of carbonyl (C=O) groups excluding carboxylic acids is 2. The molecular weight excluding hydrogens is 378 g/mol. The van der Waals surface area contributed by atoms with E-state index in [9.17, 15) is 9.59 Å². The first-order chi connectivity index (χ1) is 13.9. The Hall–Kier alpha value is -2.78. The second-order valence-corrected chi connectivity index (χ2v) is 7.26. The van der Waals surface area contributed by atoms with Gasteiger partial charge in [-0.1, -0.05) is 0 Å². The second-order valence-electron chi connectivity index (χ2n) is 7.26. The van der Waals surface area contributed by atoms with E-state index in [1.165, 1.54) is 21.3 Å². The van der Waals surface area contributed by atoms with E-state index in [2.05, 4.69) is 10.3 Å². The maximum Gasteiger partial charge on any atom is 0.356 e. The molecule has 0 spiro atoms. The molecule has 1 amide bonds. The van der Waals surface area contributed by atoms with Crippen LogP contribution in [0.15, 0.2) is 12.1 Å². The Balaban J connectivity index is 1.91. The fourth-order valence-electron chi connectivity index (χ4n) is 3.85. The van der Waals surface area contributed by atoms with Crippen molar-refractivity contribution < 1.29 is 33.4 Å². The molecule has 3 rings (SSSR count). The van der Waals surface area contributed by atoms with Crippen LogP contribution < -0.4 is 19.7 Å². The number of quaternary nitrogens is 1. The molecule has 1 saturated heterocycles. The molecule has 29 heavy (non-hydrogen) atoms. The van der Waals surface area contributed by atoms with Gasteiger partial charge in [-0.2, -0.15) is 0 Å². The van der Waals surface area contributed by atoms with E-state index in [-0.39, 0.29) is 30.4 Å². The summed E-state index contributed by atoms with van der Waals surface area (Å²) in [5, 5.41) is 3.52. The van der Waals surface area contributed by atoms with Gasteiger partial charge in [0.05, 0.1) is 32.5 Å². The Kier molecular flexibility index (Phi) is 6.29. The van der Waals surface area contributed by atoms with Crippen molar-refractivity contribution in [3.63, 3.8) is 0 Å². The van der Waals surface area contributed by atoms with Crippen molar-refractivity contribution in [3.8, 4) is 11.5 Å². The largest absolute Gasteiger partial charge is 0.493 e. The molecule has 1 aromatic carbocycles. The maximum atomic E-state index is 12.8. The SMILES string of the molecule is COC(=O)c1[nH]c2cc(OC)c(OC)cc2c1NC(=O)C[NH+]1C[C@@H](C)O[C@@H](C)C1. The average molecular weight is 406 g/mol. The summed E-state index contributed by atoms with van der Waals surface area (Å²) in [6.45, 7) is 5.78. The minimum atomic E-state index is -0.574.